The summed E-state index contributed by atoms with van der Waals surface area (Å²) in [6.45, 7) is 3.63. The number of aromatic nitrogens is 6. The lowest BCUT2D eigenvalue weighted by Gasteiger charge is -2.13. The van der Waals surface area contributed by atoms with Crippen molar-refractivity contribution < 1.29 is 4.79 Å². The van der Waals surface area contributed by atoms with Crippen LogP contribution in [0.4, 0.5) is 17.2 Å². The van der Waals surface area contributed by atoms with E-state index in [1.165, 1.54) is 0 Å². The number of amides is 1. The number of anilines is 3. The van der Waals surface area contributed by atoms with Crippen molar-refractivity contribution in [2.75, 3.05) is 10.6 Å². The van der Waals surface area contributed by atoms with Crippen molar-refractivity contribution in [3.05, 3.63) is 73.1 Å². The summed E-state index contributed by atoms with van der Waals surface area (Å²) in [6, 6.07) is 12.5. The molecule has 4 rings (SSSR count). The lowest BCUT2D eigenvalue weighted by atomic mass is 10.2. The van der Waals surface area contributed by atoms with Crippen LogP contribution in [0.25, 0.3) is 5.82 Å². The predicted molar refractivity (Wildman–Crippen MR) is 109 cm³/mol. The van der Waals surface area contributed by atoms with Gasteiger partial charge in [-0.3, -0.25) is 9.48 Å². The van der Waals surface area contributed by atoms with Gasteiger partial charge in [0, 0.05) is 42.2 Å². The lowest BCUT2D eigenvalue weighted by molar-refractivity contribution is -0.119. The fourth-order valence-corrected chi connectivity index (χ4v) is 2.80. The van der Waals surface area contributed by atoms with E-state index in [0.29, 0.717) is 23.1 Å². The molecule has 2 N–H and O–H groups in total. The van der Waals surface area contributed by atoms with Gasteiger partial charge in [-0.1, -0.05) is 0 Å². The van der Waals surface area contributed by atoms with Gasteiger partial charge >= 0.3 is 0 Å². The number of nitrogens with zero attached hydrogens (tertiary/aromatic N) is 6. The Morgan fingerprint density at radius 2 is 1.72 bits per heavy atom. The molecule has 0 saturated carbocycles. The van der Waals surface area contributed by atoms with Gasteiger partial charge in [-0.25, -0.2) is 14.6 Å². The summed E-state index contributed by atoms with van der Waals surface area (Å²) < 4.78 is 3.29. The van der Waals surface area contributed by atoms with E-state index in [1.807, 2.05) is 49.5 Å². The zero-order chi connectivity index (χ0) is 20.2. The minimum atomic E-state index is -0.396. The molecule has 0 spiro atoms. The van der Waals surface area contributed by atoms with Gasteiger partial charge in [-0.15, -0.1) is 0 Å². The van der Waals surface area contributed by atoms with Gasteiger partial charge in [0.2, 0.25) is 5.91 Å². The van der Waals surface area contributed by atoms with Crippen molar-refractivity contribution >= 4 is 23.1 Å². The van der Waals surface area contributed by atoms with Crippen molar-refractivity contribution in [1.82, 2.24) is 29.5 Å². The molecule has 9 nitrogen and oxygen atoms in total. The molecule has 0 fully saturated rings. The summed E-state index contributed by atoms with van der Waals surface area (Å²) in [5, 5.41) is 14.4. The van der Waals surface area contributed by atoms with Crippen LogP contribution in [0.1, 0.15) is 18.8 Å². The maximum atomic E-state index is 12.4. The summed E-state index contributed by atoms with van der Waals surface area (Å²) >= 11 is 0. The molecule has 1 amide bonds. The Morgan fingerprint density at radius 3 is 2.41 bits per heavy atom. The Labute approximate surface area is 167 Å². The van der Waals surface area contributed by atoms with E-state index in [0.717, 1.165) is 5.69 Å². The van der Waals surface area contributed by atoms with Crippen LogP contribution in [0.3, 0.4) is 0 Å². The van der Waals surface area contributed by atoms with Gasteiger partial charge in [-0.05, 0) is 50.2 Å². The molecule has 0 unspecified atom stereocenters. The van der Waals surface area contributed by atoms with Crippen molar-refractivity contribution in [3.63, 3.8) is 0 Å². The highest BCUT2D eigenvalue weighted by atomic mass is 16.2. The smallest absolute Gasteiger partial charge is 0.248 e. The van der Waals surface area contributed by atoms with E-state index in [2.05, 4.69) is 30.8 Å². The minimum Gasteiger partial charge on any atom is -0.340 e. The first kappa shape index (κ1) is 18.4. The van der Waals surface area contributed by atoms with Crippen LogP contribution in [0.2, 0.25) is 0 Å². The standard InChI is InChI=1S/C20H20N8O/c1-14(27-11-3-9-21-27)20(29)26-17-7-5-16(6-8-17)25-18-13-19(24-15(2)23-18)28-12-4-10-22-28/h3-14H,1-2H3,(H,26,29)(H,23,24,25)/t14-/m0/s1. The Hall–Kier alpha value is -4.01. The number of hydrogen-bond acceptors (Lipinski definition) is 6. The molecule has 0 radical (unpaired) electrons. The topological polar surface area (TPSA) is 103 Å². The normalized spacial score (nSPS) is 11.8. The van der Waals surface area contributed by atoms with E-state index in [-0.39, 0.29) is 5.91 Å². The van der Waals surface area contributed by atoms with Crippen LogP contribution in [0.5, 0.6) is 0 Å². The average Bonchev–Trinajstić information content (AvgIpc) is 3.42. The highest BCUT2D eigenvalue weighted by molar-refractivity contribution is 5.93. The second kappa shape index (κ2) is 7.93. The molecule has 0 aliphatic carbocycles. The number of benzene rings is 1. The zero-order valence-corrected chi connectivity index (χ0v) is 16.0. The van der Waals surface area contributed by atoms with Gasteiger partial charge in [0.15, 0.2) is 5.82 Å². The second-order valence-electron chi connectivity index (χ2n) is 6.46. The monoisotopic (exact) mass is 388 g/mol. The molecule has 146 valence electrons. The number of carbonyl (C=O) groups excluding carboxylic acids is 1. The maximum absolute atomic E-state index is 12.4. The molecule has 3 heterocycles. The molecular formula is C20H20N8O. The summed E-state index contributed by atoms with van der Waals surface area (Å²) in [6.07, 6.45) is 6.94. The largest absolute Gasteiger partial charge is 0.340 e. The first-order valence-corrected chi connectivity index (χ1v) is 9.11. The molecule has 9 heteroatoms. The number of carbonyl (C=O) groups is 1. The summed E-state index contributed by atoms with van der Waals surface area (Å²) in [4.78, 5) is 21.2. The Balaban J connectivity index is 1.44. The molecular weight excluding hydrogens is 368 g/mol. The predicted octanol–water partition coefficient (Wildman–Crippen LogP) is 3.11. The van der Waals surface area contributed by atoms with Crippen LogP contribution < -0.4 is 10.6 Å². The highest BCUT2D eigenvalue weighted by Crippen LogP contribution is 2.20. The molecule has 0 saturated heterocycles. The number of nitrogens with one attached hydrogen (secondary N) is 2. The van der Waals surface area contributed by atoms with Crippen molar-refractivity contribution in [3.8, 4) is 5.82 Å². The van der Waals surface area contributed by atoms with E-state index < -0.39 is 6.04 Å². The second-order valence-corrected chi connectivity index (χ2v) is 6.46. The van der Waals surface area contributed by atoms with Crippen molar-refractivity contribution in [2.24, 2.45) is 0 Å². The summed E-state index contributed by atoms with van der Waals surface area (Å²) in [5.41, 5.74) is 1.54. The molecule has 1 atom stereocenters. The first-order valence-electron chi connectivity index (χ1n) is 9.11. The van der Waals surface area contributed by atoms with Gasteiger partial charge in [-0.2, -0.15) is 10.2 Å². The maximum Gasteiger partial charge on any atom is 0.248 e. The fraction of sp³-hybridized carbons (Fsp3) is 0.150. The van der Waals surface area contributed by atoms with Crippen LogP contribution in [-0.2, 0) is 4.79 Å². The van der Waals surface area contributed by atoms with Crippen LogP contribution in [0, 0.1) is 6.92 Å². The van der Waals surface area contributed by atoms with Gasteiger partial charge in [0.1, 0.15) is 17.7 Å². The van der Waals surface area contributed by atoms with Crippen molar-refractivity contribution in [1.29, 1.82) is 0 Å². The fourth-order valence-electron chi connectivity index (χ4n) is 2.80. The van der Waals surface area contributed by atoms with E-state index >= 15 is 0 Å². The van der Waals surface area contributed by atoms with Gasteiger partial charge < -0.3 is 10.6 Å². The molecule has 3 aromatic heterocycles. The van der Waals surface area contributed by atoms with Gasteiger partial charge in [0.05, 0.1) is 0 Å². The van der Waals surface area contributed by atoms with E-state index in [4.69, 9.17) is 0 Å². The minimum absolute atomic E-state index is 0.135. The molecule has 1 aromatic carbocycles. The third-order valence-electron chi connectivity index (χ3n) is 4.29. The molecule has 0 bridgehead atoms. The van der Waals surface area contributed by atoms with Crippen LogP contribution in [0.15, 0.2) is 67.3 Å². The third-order valence-corrected chi connectivity index (χ3v) is 4.29. The first-order chi connectivity index (χ1) is 14.1. The van der Waals surface area contributed by atoms with E-state index in [9.17, 15) is 4.79 Å². The van der Waals surface area contributed by atoms with Crippen molar-refractivity contribution in [2.45, 2.75) is 19.9 Å². The SMILES string of the molecule is Cc1nc(Nc2ccc(NC(=O)[C@H](C)n3cccn3)cc2)cc(-n2cccn2)n1. The Kier molecular flexibility index (Phi) is 5.02. The highest BCUT2D eigenvalue weighted by Gasteiger charge is 2.15. The quantitative estimate of drug-likeness (QED) is 0.526. The summed E-state index contributed by atoms with van der Waals surface area (Å²) in [5.74, 6) is 1.84. The number of aryl methyl sites for hydroxylation is 1. The lowest BCUT2D eigenvalue weighted by Crippen LogP contribution is -2.23. The van der Waals surface area contributed by atoms with Crippen LogP contribution >= 0.6 is 0 Å². The zero-order valence-electron chi connectivity index (χ0n) is 16.0. The van der Waals surface area contributed by atoms with Gasteiger partial charge in [0.25, 0.3) is 0 Å². The number of rotatable bonds is 6. The molecule has 0 aliphatic rings. The van der Waals surface area contributed by atoms with Crippen LogP contribution in [-0.4, -0.2) is 35.4 Å². The molecule has 4 aromatic rings. The van der Waals surface area contributed by atoms with E-state index in [1.54, 1.807) is 40.9 Å². The average molecular weight is 388 g/mol. The molecule has 0 aliphatic heterocycles. The summed E-state index contributed by atoms with van der Waals surface area (Å²) in [7, 11) is 0. The Morgan fingerprint density at radius 1 is 1.00 bits per heavy atom. The number of hydrogen-bond donors (Lipinski definition) is 2. The Bertz CT molecular complexity index is 1090. The third kappa shape index (κ3) is 4.29. The molecule has 29 heavy (non-hydrogen) atoms.